The maximum Gasteiger partial charge on any atom is 0.405 e. The largest absolute Gasteiger partial charge is 0.458 e. The number of aromatic nitrogens is 1. The van der Waals surface area contributed by atoms with Crippen LogP contribution in [-0.2, 0) is 9.53 Å². The molecule has 0 radical (unpaired) electrons. The minimum atomic E-state index is -0.289. The average molecular weight is 270 g/mol. The van der Waals surface area contributed by atoms with Crippen LogP contribution in [-0.4, -0.2) is 25.1 Å². The standard InChI is InChI=1S/C12H16NO2S2/c1-4-15-11(14)10(12(16-2)17-3)13-8-6-5-7-9-13/h5-9H,4H2,1-3H3/q+1. The van der Waals surface area contributed by atoms with Gasteiger partial charge in [0, 0.05) is 12.1 Å². The molecule has 0 saturated heterocycles. The van der Waals surface area contributed by atoms with Crippen molar-refractivity contribution in [3.63, 3.8) is 0 Å². The highest BCUT2D eigenvalue weighted by Crippen LogP contribution is 2.28. The highest BCUT2D eigenvalue weighted by atomic mass is 32.2. The van der Waals surface area contributed by atoms with Crippen LogP contribution in [0.3, 0.4) is 0 Å². The van der Waals surface area contributed by atoms with Crippen LogP contribution in [0.4, 0.5) is 0 Å². The number of pyridine rings is 1. The summed E-state index contributed by atoms with van der Waals surface area (Å²) in [5, 5.41) is 0. The Labute approximate surface area is 110 Å². The van der Waals surface area contributed by atoms with Crippen molar-refractivity contribution in [1.82, 2.24) is 0 Å². The van der Waals surface area contributed by atoms with Crippen molar-refractivity contribution in [3.8, 4) is 0 Å². The van der Waals surface area contributed by atoms with Crippen molar-refractivity contribution in [2.45, 2.75) is 6.92 Å². The lowest BCUT2D eigenvalue weighted by Crippen LogP contribution is -2.37. The van der Waals surface area contributed by atoms with Crippen molar-refractivity contribution in [1.29, 1.82) is 0 Å². The summed E-state index contributed by atoms with van der Waals surface area (Å²) in [7, 11) is 0. The number of thioether (sulfide) groups is 2. The average Bonchev–Trinajstić information content (AvgIpc) is 2.37. The van der Waals surface area contributed by atoms with E-state index in [1.54, 1.807) is 28.1 Å². The molecule has 3 nitrogen and oxygen atoms in total. The van der Waals surface area contributed by atoms with Crippen molar-refractivity contribution in [3.05, 3.63) is 34.8 Å². The minimum absolute atomic E-state index is 0.289. The molecule has 1 rings (SSSR count). The Balaban J connectivity index is 3.20. The molecule has 0 aromatic carbocycles. The van der Waals surface area contributed by atoms with Gasteiger partial charge in [0.1, 0.15) is 4.24 Å². The number of esters is 1. The third kappa shape index (κ3) is 3.78. The van der Waals surface area contributed by atoms with Crippen LogP contribution in [0.5, 0.6) is 0 Å². The van der Waals surface area contributed by atoms with Crippen molar-refractivity contribution < 1.29 is 14.1 Å². The second kappa shape index (κ2) is 7.40. The number of rotatable bonds is 5. The monoisotopic (exact) mass is 270 g/mol. The molecule has 0 atom stereocenters. The van der Waals surface area contributed by atoms with Gasteiger partial charge >= 0.3 is 11.7 Å². The Morgan fingerprint density at radius 2 is 1.76 bits per heavy atom. The van der Waals surface area contributed by atoms with Crippen LogP contribution in [0, 0.1) is 0 Å². The van der Waals surface area contributed by atoms with Crippen LogP contribution in [0.2, 0.25) is 0 Å². The Bertz CT molecular complexity index is 398. The number of hydrogen-bond donors (Lipinski definition) is 0. The fourth-order valence-corrected chi connectivity index (χ4v) is 2.75. The number of ether oxygens (including phenoxy) is 1. The van der Waals surface area contributed by atoms with Gasteiger partial charge in [-0.3, -0.25) is 0 Å². The van der Waals surface area contributed by atoms with Gasteiger partial charge in [-0.05, 0) is 19.4 Å². The van der Waals surface area contributed by atoms with E-state index in [9.17, 15) is 4.79 Å². The summed E-state index contributed by atoms with van der Waals surface area (Å²) >= 11 is 3.10. The molecule has 17 heavy (non-hydrogen) atoms. The molecule has 5 heteroatoms. The smallest absolute Gasteiger partial charge is 0.405 e. The van der Waals surface area contributed by atoms with E-state index in [4.69, 9.17) is 4.74 Å². The van der Waals surface area contributed by atoms with Crippen molar-refractivity contribution in [2.75, 3.05) is 19.1 Å². The Hall–Kier alpha value is -0.940. The van der Waals surface area contributed by atoms with Gasteiger partial charge in [-0.25, -0.2) is 4.79 Å². The van der Waals surface area contributed by atoms with Crippen LogP contribution in [0.1, 0.15) is 6.92 Å². The molecule has 0 spiro atoms. The first-order valence-corrected chi connectivity index (χ1v) is 7.65. The molecule has 0 unspecified atom stereocenters. The zero-order valence-electron chi connectivity index (χ0n) is 10.2. The molecule has 0 aliphatic carbocycles. The first-order chi connectivity index (χ1) is 8.24. The summed E-state index contributed by atoms with van der Waals surface area (Å²) in [6.45, 7) is 2.19. The molecule has 0 N–H and O–H groups in total. The molecule has 1 heterocycles. The lowest BCUT2D eigenvalue weighted by molar-refractivity contribution is -0.578. The molecule has 0 bridgehead atoms. The van der Waals surface area contributed by atoms with E-state index in [2.05, 4.69) is 0 Å². The molecule has 0 saturated carbocycles. The third-order valence-electron chi connectivity index (χ3n) is 2.01. The van der Waals surface area contributed by atoms with E-state index in [0.717, 1.165) is 4.24 Å². The molecule has 0 fully saturated rings. The number of nitrogens with zero attached hydrogens (tertiary/aromatic N) is 1. The fraction of sp³-hybridized carbons (Fsp3) is 0.333. The second-order valence-electron chi connectivity index (χ2n) is 3.05. The molecular weight excluding hydrogens is 254 g/mol. The van der Waals surface area contributed by atoms with E-state index < -0.39 is 0 Å². The Kier molecular flexibility index (Phi) is 6.15. The zero-order chi connectivity index (χ0) is 12.7. The van der Waals surface area contributed by atoms with Gasteiger partial charge < -0.3 is 4.74 Å². The van der Waals surface area contributed by atoms with Gasteiger partial charge in [-0.2, -0.15) is 4.57 Å². The molecular formula is C12H16NO2S2+. The molecule has 92 valence electrons. The van der Waals surface area contributed by atoms with Crippen LogP contribution in [0.15, 0.2) is 34.8 Å². The highest BCUT2D eigenvalue weighted by molar-refractivity contribution is 8.21. The van der Waals surface area contributed by atoms with Gasteiger partial charge in [0.05, 0.1) is 6.61 Å². The summed E-state index contributed by atoms with van der Waals surface area (Å²) in [6.07, 6.45) is 7.60. The molecule has 0 amide bonds. The fourth-order valence-electron chi connectivity index (χ4n) is 1.32. The first kappa shape index (κ1) is 14.1. The van der Waals surface area contributed by atoms with Gasteiger partial charge in [0.25, 0.3) is 0 Å². The maximum atomic E-state index is 12.0. The summed E-state index contributed by atoms with van der Waals surface area (Å²) in [4.78, 5) is 12.0. The summed E-state index contributed by atoms with van der Waals surface area (Å²) in [5.74, 6) is -0.289. The second-order valence-corrected chi connectivity index (χ2v) is 4.94. The van der Waals surface area contributed by atoms with E-state index in [-0.39, 0.29) is 5.97 Å². The molecule has 0 aliphatic heterocycles. The van der Waals surface area contributed by atoms with Gasteiger partial charge in [0.15, 0.2) is 12.4 Å². The SMILES string of the molecule is CCOC(=O)C(=C(SC)SC)[n+]1ccccc1. The van der Waals surface area contributed by atoms with Crippen molar-refractivity contribution >= 4 is 35.2 Å². The number of hydrogen-bond acceptors (Lipinski definition) is 4. The summed E-state index contributed by atoms with van der Waals surface area (Å²) < 4.78 is 7.83. The van der Waals surface area contributed by atoms with Gasteiger partial charge in [-0.1, -0.05) is 6.07 Å². The summed E-state index contributed by atoms with van der Waals surface area (Å²) in [5.41, 5.74) is 0.576. The van der Waals surface area contributed by atoms with E-state index in [0.29, 0.717) is 12.3 Å². The van der Waals surface area contributed by atoms with Crippen LogP contribution < -0.4 is 4.57 Å². The molecule has 1 aromatic rings. The Morgan fingerprint density at radius 1 is 1.18 bits per heavy atom. The van der Waals surface area contributed by atoms with E-state index in [1.165, 1.54) is 0 Å². The van der Waals surface area contributed by atoms with Gasteiger partial charge in [0.2, 0.25) is 0 Å². The van der Waals surface area contributed by atoms with E-state index >= 15 is 0 Å². The number of carbonyl (C=O) groups is 1. The lowest BCUT2D eigenvalue weighted by Gasteiger charge is -2.05. The van der Waals surface area contributed by atoms with E-state index in [1.807, 2.05) is 50.0 Å². The predicted molar refractivity (Wildman–Crippen MR) is 73.5 cm³/mol. The first-order valence-electron chi connectivity index (χ1n) is 5.20. The van der Waals surface area contributed by atoms with Crippen LogP contribution >= 0.6 is 23.5 Å². The lowest BCUT2D eigenvalue weighted by atomic mass is 10.4. The zero-order valence-corrected chi connectivity index (χ0v) is 11.8. The predicted octanol–water partition coefficient (Wildman–Crippen LogP) is 2.39. The minimum Gasteiger partial charge on any atom is -0.458 e. The third-order valence-corrected chi connectivity index (χ3v) is 4.13. The van der Waals surface area contributed by atoms with Crippen molar-refractivity contribution in [2.24, 2.45) is 0 Å². The maximum absolute atomic E-state index is 12.0. The molecule has 0 aliphatic rings. The number of carbonyl (C=O) groups excluding carboxylic acids is 1. The topological polar surface area (TPSA) is 30.2 Å². The molecule has 1 aromatic heterocycles. The van der Waals surface area contributed by atoms with Gasteiger partial charge in [-0.15, -0.1) is 23.5 Å². The summed E-state index contributed by atoms with van der Waals surface area (Å²) in [6, 6.07) is 5.69. The quantitative estimate of drug-likeness (QED) is 0.467. The normalized spacial score (nSPS) is 9.82. The Morgan fingerprint density at radius 3 is 2.24 bits per heavy atom. The van der Waals surface area contributed by atoms with Crippen LogP contribution in [0.25, 0.3) is 5.70 Å². The highest BCUT2D eigenvalue weighted by Gasteiger charge is 2.26.